The molecule has 0 aliphatic rings. The lowest BCUT2D eigenvalue weighted by Crippen LogP contribution is -2.05. The number of hydrogen-bond acceptors (Lipinski definition) is 3. The van der Waals surface area contributed by atoms with Crippen molar-refractivity contribution in [2.45, 2.75) is 39.0 Å². The zero-order chi connectivity index (χ0) is 9.45. The van der Waals surface area contributed by atoms with Gasteiger partial charge in [0.1, 0.15) is 0 Å². The van der Waals surface area contributed by atoms with Gasteiger partial charge in [-0.05, 0) is 10.9 Å². The van der Waals surface area contributed by atoms with Crippen molar-refractivity contribution in [3.63, 3.8) is 0 Å². The van der Waals surface area contributed by atoms with Gasteiger partial charge in [-0.2, -0.15) is 8.42 Å². The van der Waals surface area contributed by atoms with E-state index in [1.54, 1.807) is 0 Å². The van der Waals surface area contributed by atoms with Gasteiger partial charge >= 0.3 is 0 Å². The summed E-state index contributed by atoms with van der Waals surface area (Å²) in [6, 6.07) is 0. The third-order valence-electron chi connectivity index (χ3n) is 1.59. The first-order valence-corrected chi connectivity index (χ1v) is 5.73. The molecule has 0 saturated heterocycles. The van der Waals surface area contributed by atoms with E-state index in [0.29, 0.717) is 6.42 Å². The highest BCUT2D eigenvalue weighted by Crippen LogP contribution is 2.05. The van der Waals surface area contributed by atoms with Gasteiger partial charge in [0.2, 0.25) is 0 Å². The Morgan fingerprint density at radius 2 is 1.75 bits per heavy atom. The van der Waals surface area contributed by atoms with Crippen LogP contribution in [-0.2, 0) is 14.5 Å². The van der Waals surface area contributed by atoms with Crippen LogP contribution in [0.1, 0.15) is 39.0 Å². The molecule has 0 aromatic rings. The lowest BCUT2D eigenvalue weighted by atomic mass is 10.2. The normalized spacial score (nSPS) is 11.8. The maximum Gasteiger partial charge on any atom is 0.297 e. The van der Waals surface area contributed by atoms with E-state index in [1.807, 2.05) is 0 Å². The molecule has 0 spiro atoms. The number of rotatable bonds is 7. The molecule has 0 N–H and O–H groups in total. The quantitative estimate of drug-likeness (QED) is 0.589. The zero-order valence-corrected chi connectivity index (χ0v) is 8.07. The molecular weight excluding hydrogens is 183 g/mol. The van der Waals surface area contributed by atoms with E-state index in [0.717, 1.165) is 25.7 Å². The molecule has 0 unspecified atom stereocenters. The molecule has 0 amide bonds. The van der Waals surface area contributed by atoms with Crippen LogP contribution in [0.3, 0.4) is 0 Å². The average molecular weight is 198 g/mol. The van der Waals surface area contributed by atoms with Gasteiger partial charge in [0.05, 0.1) is 5.75 Å². The summed E-state index contributed by atoms with van der Waals surface area (Å²) in [5.41, 5.74) is 0. The first-order valence-electron chi connectivity index (χ1n) is 4.15. The van der Waals surface area contributed by atoms with Gasteiger partial charge in [-0.1, -0.05) is 37.0 Å². The molecule has 0 bridgehead atoms. The highest BCUT2D eigenvalue weighted by molar-refractivity contribution is 7.86. The number of halogens is 1. The van der Waals surface area contributed by atoms with E-state index in [4.69, 9.17) is 0 Å². The smallest absolute Gasteiger partial charge is 0.197 e. The van der Waals surface area contributed by atoms with Crippen molar-refractivity contribution in [1.29, 1.82) is 0 Å². The minimum absolute atomic E-state index is 0.215. The van der Waals surface area contributed by atoms with Gasteiger partial charge in [-0.25, -0.2) is 0 Å². The van der Waals surface area contributed by atoms with Crippen LogP contribution in [0.4, 0.5) is 4.53 Å². The molecule has 12 heavy (non-hydrogen) atoms. The molecular formula is C7H15FO3S. The Bertz CT molecular complexity index is 189. The second kappa shape index (κ2) is 6.37. The summed E-state index contributed by atoms with van der Waals surface area (Å²) in [5, 5.41) is 0. The third-order valence-corrected chi connectivity index (χ3v) is 2.57. The summed E-state index contributed by atoms with van der Waals surface area (Å²) < 4.78 is 34.9. The molecule has 5 heteroatoms. The van der Waals surface area contributed by atoms with Crippen molar-refractivity contribution in [2.75, 3.05) is 5.75 Å². The van der Waals surface area contributed by atoms with Crippen molar-refractivity contribution in [3.8, 4) is 0 Å². The Labute approximate surface area is 72.9 Å². The predicted molar refractivity (Wildman–Crippen MR) is 44.7 cm³/mol. The van der Waals surface area contributed by atoms with Crippen molar-refractivity contribution >= 4 is 10.1 Å². The zero-order valence-electron chi connectivity index (χ0n) is 7.25. The molecule has 0 fully saturated rings. The monoisotopic (exact) mass is 198 g/mol. The number of hydrogen-bond donors (Lipinski definition) is 0. The Morgan fingerprint density at radius 1 is 1.17 bits per heavy atom. The summed E-state index contributed by atoms with van der Waals surface area (Å²) >= 11 is 0. The van der Waals surface area contributed by atoms with Gasteiger partial charge in [0.15, 0.2) is 0 Å². The molecule has 0 atom stereocenters. The van der Waals surface area contributed by atoms with E-state index < -0.39 is 10.1 Å². The van der Waals surface area contributed by atoms with Gasteiger partial charge in [0.25, 0.3) is 10.1 Å². The summed E-state index contributed by atoms with van der Waals surface area (Å²) in [7, 11) is -3.87. The van der Waals surface area contributed by atoms with Crippen LogP contribution in [0.15, 0.2) is 0 Å². The first-order chi connectivity index (χ1) is 5.62. The molecule has 0 saturated carbocycles. The van der Waals surface area contributed by atoms with E-state index in [9.17, 15) is 12.9 Å². The predicted octanol–water partition coefficient (Wildman–Crippen LogP) is 2.19. The van der Waals surface area contributed by atoms with E-state index in [2.05, 4.69) is 11.3 Å². The third kappa shape index (κ3) is 6.54. The fourth-order valence-electron chi connectivity index (χ4n) is 0.914. The lowest BCUT2D eigenvalue weighted by Gasteiger charge is -1.98. The Balaban J connectivity index is 3.32. The van der Waals surface area contributed by atoms with E-state index in [1.165, 1.54) is 0 Å². The second-order valence-electron chi connectivity index (χ2n) is 2.74. The van der Waals surface area contributed by atoms with Crippen molar-refractivity contribution in [3.05, 3.63) is 0 Å². The summed E-state index contributed by atoms with van der Waals surface area (Å²) in [4.78, 5) is 0. The molecule has 0 aromatic heterocycles. The van der Waals surface area contributed by atoms with Crippen molar-refractivity contribution in [2.24, 2.45) is 0 Å². The van der Waals surface area contributed by atoms with Crippen LogP contribution >= 0.6 is 0 Å². The molecule has 0 aliphatic carbocycles. The molecule has 0 aliphatic heterocycles. The van der Waals surface area contributed by atoms with Gasteiger partial charge < -0.3 is 0 Å². The summed E-state index contributed by atoms with van der Waals surface area (Å²) in [5.74, 6) is -0.215. The van der Waals surface area contributed by atoms with E-state index >= 15 is 0 Å². The fraction of sp³-hybridized carbons (Fsp3) is 1.00. The van der Waals surface area contributed by atoms with Crippen LogP contribution in [0.5, 0.6) is 0 Å². The maximum absolute atomic E-state index is 11.3. The summed E-state index contributed by atoms with van der Waals surface area (Å²) in [6.07, 6.45) is 4.49. The van der Waals surface area contributed by atoms with Gasteiger partial charge in [-0.15, -0.1) is 0 Å². The van der Waals surface area contributed by atoms with Crippen molar-refractivity contribution < 1.29 is 17.3 Å². The van der Waals surface area contributed by atoms with E-state index in [-0.39, 0.29) is 5.75 Å². The molecule has 0 rings (SSSR count). The van der Waals surface area contributed by atoms with Crippen molar-refractivity contribution in [1.82, 2.24) is 0 Å². The van der Waals surface area contributed by atoms with Crippen LogP contribution in [0.2, 0.25) is 0 Å². The topological polar surface area (TPSA) is 43.4 Å². The van der Waals surface area contributed by atoms with Crippen LogP contribution in [-0.4, -0.2) is 14.2 Å². The van der Waals surface area contributed by atoms with Crippen LogP contribution < -0.4 is 0 Å². The minimum Gasteiger partial charge on any atom is -0.197 e. The summed E-state index contributed by atoms with van der Waals surface area (Å²) in [6.45, 7) is 2.07. The molecule has 3 nitrogen and oxygen atoms in total. The molecule has 0 aromatic carbocycles. The highest BCUT2D eigenvalue weighted by atomic mass is 32.2. The minimum atomic E-state index is -3.87. The Kier molecular flexibility index (Phi) is 6.28. The first kappa shape index (κ1) is 11.8. The average Bonchev–Trinajstić information content (AvgIpc) is 2.04. The van der Waals surface area contributed by atoms with Crippen LogP contribution in [0, 0.1) is 0 Å². The largest absolute Gasteiger partial charge is 0.297 e. The maximum atomic E-state index is 11.3. The SMILES string of the molecule is CCCCCCCS(=O)(=O)OF. The number of unbranched alkanes of at least 4 members (excludes halogenated alkanes) is 4. The Hall–Kier alpha value is -0.160. The highest BCUT2D eigenvalue weighted by Gasteiger charge is 2.09. The van der Waals surface area contributed by atoms with Gasteiger partial charge in [0, 0.05) is 0 Å². The van der Waals surface area contributed by atoms with Crippen LogP contribution in [0.25, 0.3) is 0 Å². The molecule has 74 valence electrons. The standard InChI is InChI=1S/C7H15FO3S/c1-2-3-4-5-6-7-12(9,10)11-8/h2-7H2,1H3. The molecule has 0 heterocycles. The molecule has 0 radical (unpaired) electrons. The lowest BCUT2D eigenvalue weighted by molar-refractivity contribution is 0.00288. The second-order valence-corrected chi connectivity index (χ2v) is 4.39. The Morgan fingerprint density at radius 3 is 2.25 bits per heavy atom. The van der Waals surface area contributed by atoms with Gasteiger partial charge in [-0.3, -0.25) is 0 Å². The fourth-order valence-corrected chi connectivity index (χ4v) is 1.53.